The second kappa shape index (κ2) is 6.19. The number of carboxylic acid groups (broad SMARTS) is 1. The molecule has 0 amide bonds. The minimum absolute atomic E-state index is 0.0836. The number of hydrogen-bond acceptors (Lipinski definition) is 5. The minimum atomic E-state index is -4.16. The minimum Gasteiger partial charge on any atom is -0.480 e. The summed E-state index contributed by atoms with van der Waals surface area (Å²) in [7, 11) is -3.12. The number of Topliss-reactive ketones (excluding diaryl/α,β-unsaturated/α-hetero) is 1. The molecule has 0 spiro atoms. The van der Waals surface area contributed by atoms with E-state index in [9.17, 15) is 27.5 Å². The van der Waals surface area contributed by atoms with Crippen molar-refractivity contribution in [3.8, 4) is 0 Å². The number of nitrogens with two attached hydrogens (primary N) is 1. The molecule has 0 radical (unpaired) electrons. The highest BCUT2D eigenvalue weighted by molar-refractivity contribution is 7.89. The van der Waals surface area contributed by atoms with Gasteiger partial charge in [0.05, 0.1) is 10.5 Å². The topological polar surface area (TPSA) is 118 Å². The molecule has 1 unspecified atom stereocenters. The molecule has 9 heteroatoms. The van der Waals surface area contributed by atoms with E-state index in [1.54, 1.807) is 12.1 Å². The van der Waals surface area contributed by atoms with E-state index >= 15 is 0 Å². The summed E-state index contributed by atoms with van der Waals surface area (Å²) in [5.41, 5.74) is 6.79. The number of hydrogen-bond donors (Lipinski definition) is 2. The summed E-state index contributed by atoms with van der Waals surface area (Å²) in [5.74, 6) is -2.86. The zero-order valence-corrected chi connectivity index (χ0v) is 14.5. The molecule has 0 aliphatic carbocycles. The van der Waals surface area contributed by atoms with Crippen molar-refractivity contribution >= 4 is 27.5 Å². The molecule has 1 aliphatic heterocycles. The zero-order valence-electron chi connectivity index (χ0n) is 13.6. The van der Waals surface area contributed by atoms with Gasteiger partial charge in [-0.05, 0) is 35.7 Å². The van der Waals surface area contributed by atoms with Gasteiger partial charge in [-0.1, -0.05) is 18.2 Å². The number of rotatable bonds is 3. The summed E-state index contributed by atoms with van der Waals surface area (Å²) >= 11 is 0. The Bertz CT molecular complexity index is 1020. The monoisotopic (exact) mass is 378 g/mol. The van der Waals surface area contributed by atoms with Crippen LogP contribution in [-0.4, -0.2) is 42.7 Å². The van der Waals surface area contributed by atoms with Gasteiger partial charge in [-0.3, -0.25) is 4.79 Å². The Kier molecular flexibility index (Phi) is 4.29. The molecule has 0 saturated heterocycles. The second-order valence-corrected chi connectivity index (χ2v) is 7.91. The number of fused-ring (bicyclic) bond motifs is 1. The summed E-state index contributed by atoms with van der Waals surface area (Å²) in [4.78, 5) is 23.7. The van der Waals surface area contributed by atoms with Crippen LogP contribution in [0.15, 0.2) is 41.3 Å². The van der Waals surface area contributed by atoms with Crippen molar-refractivity contribution in [1.82, 2.24) is 4.31 Å². The van der Waals surface area contributed by atoms with Gasteiger partial charge in [0.25, 0.3) is 0 Å². The summed E-state index contributed by atoms with van der Waals surface area (Å²) in [6.07, 6.45) is 0.236. The Morgan fingerprint density at radius 2 is 1.85 bits per heavy atom. The Balaban J connectivity index is 2.14. The number of likely N-dealkylation sites (N-methyl/N-ethyl adjacent to an activating group) is 1. The van der Waals surface area contributed by atoms with Crippen LogP contribution in [0, 0.1) is 5.82 Å². The number of anilines is 1. The van der Waals surface area contributed by atoms with E-state index in [1.165, 1.54) is 24.3 Å². The first-order valence-electron chi connectivity index (χ1n) is 7.55. The predicted molar refractivity (Wildman–Crippen MR) is 90.8 cm³/mol. The molecule has 0 fully saturated rings. The second-order valence-electron chi connectivity index (χ2n) is 5.94. The Hall–Kier alpha value is -2.78. The maximum Gasteiger partial charge on any atom is 0.330 e. The largest absolute Gasteiger partial charge is 0.480 e. The smallest absolute Gasteiger partial charge is 0.330 e. The van der Waals surface area contributed by atoms with Gasteiger partial charge >= 0.3 is 5.97 Å². The fraction of sp³-hybridized carbons (Fsp3) is 0.176. The van der Waals surface area contributed by atoms with E-state index in [0.717, 1.165) is 7.05 Å². The van der Waals surface area contributed by atoms with Crippen LogP contribution in [-0.2, 0) is 21.2 Å². The molecule has 2 aromatic rings. The molecule has 7 nitrogen and oxygen atoms in total. The summed E-state index contributed by atoms with van der Waals surface area (Å²) in [6, 6.07) is 6.48. The zero-order chi connectivity index (χ0) is 19.2. The number of aliphatic carboxylic acids is 1. The summed E-state index contributed by atoms with van der Waals surface area (Å²) in [5, 5.41) is 9.25. The lowest BCUT2D eigenvalue weighted by Gasteiger charge is -2.30. The quantitative estimate of drug-likeness (QED) is 0.613. The first-order valence-corrected chi connectivity index (χ1v) is 8.99. The van der Waals surface area contributed by atoms with E-state index in [0.29, 0.717) is 15.4 Å². The maximum absolute atomic E-state index is 13.0. The summed E-state index contributed by atoms with van der Waals surface area (Å²) < 4.78 is 38.6. The average Bonchev–Trinajstić information content (AvgIpc) is 2.56. The number of carboxylic acids is 1. The fourth-order valence-corrected chi connectivity index (χ4v) is 4.43. The van der Waals surface area contributed by atoms with Crippen LogP contribution in [0.1, 0.15) is 21.5 Å². The van der Waals surface area contributed by atoms with Crippen molar-refractivity contribution in [2.75, 3.05) is 12.8 Å². The first-order chi connectivity index (χ1) is 12.1. The third-order valence-corrected chi connectivity index (χ3v) is 6.22. The van der Waals surface area contributed by atoms with Gasteiger partial charge in [-0.2, -0.15) is 4.31 Å². The van der Waals surface area contributed by atoms with Crippen molar-refractivity contribution in [3.63, 3.8) is 0 Å². The molecular weight excluding hydrogens is 363 g/mol. The molecule has 1 aliphatic rings. The van der Waals surface area contributed by atoms with Crippen molar-refractivity contribution in [1.29, 1.82) is 0 Å². The van der Waals surface area contributed by atoms with E-state index in [-0.39, 0.29) is 22.6 Å². The van der Waals surface area contributed by atoms with Gasteiger partial charge in [0.1, 0.15) is 5.82 Å². The van der Waals surface area contributed by atoms with Crippen LogP contribution in [0.4, 0.5) is 10.1 Å². The lowest BCUT2D eigenvalue weighted by Crippen LogP contribution is -2.51. The Morgan fingerprint density at radius 3 is 2.42 bits per heavy atom. The third-order valence-electron chi connectivity index (χ3n) is 4.35. The van der Waals surface area contributed by atoms with Crippen molar-refractivity contribution in [2.45, 2.75) is 17.4 Å². The first kappa shape index (κ1) is 18.0. The molecule has 3 N–H and O–H groups in total. The number of carbonyl (C=O) groups excluding carboxylic acids is 1. The molecule has 1 atom stereocenters. The third kappa shape index (κ3) is 2.74. The van der Waals surface area contributed by atoms with Gasteiger partial charge in [0.15, 0.2) is 11.8 Å². The predicted octanol–water partition coefficient (Wildman–Crippen LogP) is 1.27. The molecule has 3 rings (SSSR count). The maximum atomic E-state index is 13.0. The van der Waals surface area contributed by atoms with E-state index in [4.69, 9.17) is 5.73 Å². The van der Waals surface area contributed by atoms with Gasteiger partial charge in [-0.15, -0.1) is 0 Å². The molecule has 2 aromatic carbocycles. The van der Waals surface area contributed by atoms with Crippen LogP contribution < -0.4 is 5.73 Å². The lowest BCUT2D eigenvalue weighted by molar-refractivity contribution is -0.139. The van der Waals surface area contributed by atoms with Crippen LogP contribution >= 0.6 is 0 Å². The van der Waals surface area contributed by atoms with Crippen molar-refractivity contribution < 1.29 is 27.5 Å². The molecule has 136 valence electrons. The molecular formula is C17H15FN2O5S. The van der Waals surface area contributed by atoms with Gasteiger partial charge < -0.3 is 10.8 Å². The van der Waals surface area contributed by atoms with Gasteiger partial charge in [0.2, 0.25) is 10.0 Å². The van der Waals surface area contributed by atoms with E-state index < -0.39 is 33.6 Å². The average molecular weight is 378 g/mol. The fourth-order valence-electron chi connectivity index (χ4n) is 2.95. The number of carbonyl (C=O) groups is 2. The van der Waals surface area contributed by atoms with Crippen LogP contribution in [0.5, 0.6) is 0 Å². The van der Waals surface area contributed by atoms with Crippen LogP contribution in [0.2, 0.25) is 0 Å². The SMILES string of the molecule is CN1C(C(=O)O)C(=O)c2c(ccc(Cc3ccc(F)cc3)c2N)S1(=O)=O. The number of halogens is 1. The van der Waals surface area contributed by atoms with Gasteiger partial charge in [-0.25, -0.2) is 17.6 Å². The Morgan fingerprint density at radius 1 is 1.23 bits per heavy atom. The highest BCUT2D eigenvalue weighted by atomic mass is 32.2. The van der Waals surface area contributed by atoms with Crippen LogP contribution in [0.25, 0.3) is 0 Å². The summed E-state index contributed by atoms with van der Waals surface area (Å²) in [6.45, 7) is 0. The van der Waals surface area contributed by atoms with Gasteiger partial charge in [0, 0.05) is 12.7 Å². The lowest BCUT2D eigenvalue weighted by atomic mass is 9.95. The molecule has 1 heterocycles. The molecule has 0 aromatic heterocycles. The van der Waals surface area contributed by atoms with E-state index in [2.05, 4.69) is 0 Å². The standard InChI is InChI=1S/C17H15FN2O5S/c1-20-15(17(22)23)16(21)13-12(26(20,24)25)7-4-10(14(13)19)8-9-2-5-11(18)6-3-9/h2-7,15H,8,19H2,1H3,(H,22,23). The number of nitrogens with zero attached hydrogens (tertiary/aromatic N) is 1. The van der Waals surface area contributed by atoms with E-state index in [1.807, 2.05) is 0 Å². The molecule has 0 bridgehead atoms. The Labute approximate surface area is 148 Å². The number of nitrogen functional groups attached to an aromatic ring is 1. The highest BCUT2D eigenvalue weighted by Gasteiger charge is 2.46. The number of ketones is 1. The molecule has 0 saturated carbocycles. The molecule has 26 heavy (non-hydrogen) atoms. The van der Waals surface area contributed by atoms with Crippen molar-refractivity contribution in [2.24, 2.45) is 0 Å². The van der Waals surface area contributed by atoms with Crippen molar-refractivity contribution in [3.05, 3.63) is 58.9 Å². The highest BCUT2D eigenvalue weighted by Crippen LogP contribution is 2.35. The normalized spacial score (nSPS) is 19.2. The van der Waals surface area contributed by atoms with Crippen LogP contribution in [0.3, 0.4) is 0 Å². The number of benzene rings is 2. The number of sulfonamides is 1.